The molecular formula is C26H34O5S. The molecule has 0 bridgehead atoms. The monoisotopic (exact) mass is 458 g/mol. The summed E-state index contributed by atoms with van der Waals surface area (Å²) in [5.41, 5.74) is 2.18. The molecule has 5 nitrogen and oxygen atoms in total. The summed E-state index contributed by atoms with van der Waals surface area (Å²) in [6, 6.07) is 14.5. The molecule has 2 aromatic carbocycles. The molecule has 0 N–H and O–H groups in total. The van der Waals surface area contributed by atoms with Crippen molar-refractivity contribution in [3.05, 3.63) is 65.2 Å². The standard InChI is InChI=1S/C26H34O5S/c1-18-14-24(15-19(2)30-18)31-23-12-8-20(9-13-23)16-25(27)22-10-6-21(7-11-22)17-32(28,29)26(3,4)5/h6-13,18-19,24H,14-17H2,1-5H3. The normalized spacial score (nSPS) is 21.8. The van der Waals surface area contributed by atoms with Crippen LogP contribution in [0.25, 0.3) is 0 Å². The van der Waals surface area contributed by atoms with E-state index in [9.17, 15) is 13.2 Å². The third kappa shape index (κ3) is 6.42. The maximum atomic E-state index is 12.7. The molecule has 0 saturated carbocycles. The van der Waals surface area contributed by atoms with Gasteiger partial charge in [0.1, 0.15) is 11.9 Å². The summed E-state index contributed by atoms with van der Waals surface area (Å²) in [6.45, 7) is 9.22. The first-order valence-corrected chi connectivity index (χ1v) is 12.8. The van der Waals surface area contributed by atoms with Crippen molar-refractivity contribution in [1.29, 1.82) is 0 Å². The van der Waals surface area contributed by atoms with Crippen molar-refractivity contribution in [1.82, 2.24) is 0 Å². The predicted molar refractivity (Wildman–Crippen MR) is 127 cm³/mol. The maximum Gasteiger partial charge on any atom is 0.167 e. The van der Waals surface area contributed by atoms with Gasteiger partial charge in [0.15, 0.2) is 15.6 Å². The van der Waals surface area contributed by atoms with Gasteiger partial charge in [-0.1, -0.05) is 36.4 Å². The van der Waals surface area contributed by atoms with Crippen molar-refractivity contribution in [2.75, 3.05) is 0 Å². The molecule has 174 valence electrons. The van der Waals surface area contributed by atoms with E-state index in [1.54, 1.807) is 45.0 Å². The predicted octanol–water partition coefficient (Wildman–Crippen LogP) is 5.16. The smallest absolute Gasteiger partial charge is 0.167 e. The SMILES string of the molecule is CC1CC(Oc2ccc(CC(=O)c3ccc(CS(=O)(=O)C(C)(C)C)cc3)cc2)CC(C)O1. The molecule has 1 aliphatic rings. The van der Waals surface area contributed by atoms with Crippen LogP contribution in [0.2, 0.25) is 0 Å². The highest BCUT2D eigenvalue weighted by Gasteiger charge is 2.29. The Morgan fingerprint density at radius 2 is 1.47 bits per heavy atom. The molecular weight excluding hydrogens is 424 g/mol. The van der Waals surface area contributed by atoms with E-state index in [0.29, 0.717) is 11.1 Å². The topological polar surface area (TPSA) is 69.7 Å². The van der Waals surface area contributed by atoms with Gasteiger partial charge in [-0.15, -0.1) is 0 Å². The Morgan fingerprint density at radius 1 is 0.938 bits per heavy atom. The van der Waals surface area contributed by atoms with E-state index in [4.69, 9.17) is 9.47 Å². The molecule has 2 aromatic rings. The van der Waals surface area contributed by atoms with Crippen molar-refractivity contribution >= 4 is 15.6 Å². The minimum atomic E-state index is -3.26. The fourth-order valence-corrected chi connectivity index (χ4v) is 4.89. The van der Waals surface area contributed by atoms with E-state index >= 15 is 0 Å². The number of sulfone groups is 1. The molecule has 1 aliphatic heterocycles. The highest BCUT2D eigenvalue weighted by Crippen LogP contribution is 2.25. The molecule has 6 heteroatoms. The number of hydrogen-bond donors (Lipinski definition) is 0. The largest absolute Gasteiger partial charge is 0.490 e. The van der Waals surface area contributed by atoms with Gasteiger partial charge < -0.3 is 9.47 Å². The molecule has 0 aromatic heterocycles. The van der Waals surface area contributed by atoms with Crippen molar-refractivity contribution < 1.29 is 22.7 Å². The number of Topliss-reactive ketones (excluding diaryl/α,β-unsaturated/α-hetero) is 1. The maximum absolute atomic E-state index is 12.7. The van der Waals surface area contributed by atoms with Gasteiger partial charge in [0.05, 0.1) is 22.7 Å². The summed E-state index contributed by atoms with van der Waals surface area (Å²) in [5, 5.41) is 0. The Hall–Kier alpha value is -2.18. The summed E-state index contributed by atoms with van der Waals surface area (Å²) in [6.07, 6.45) is 2.56. The number of hydrogen-bond acceptors (Lipinski definition) is 5. The summed E-state index contributed by atoms with van der Waals surface area (Å²) in [4.78, 5) is 12.7. The Labute approximate surface area is 192 Å². The van der Waals surface area contributed by atoms with Crippen LogP contribution in [0, 0.1) is 0 Å². The zero-order chi connectivity index (χ0) is 23.5. The second-order valence-electron chi connectivity index (χ2n) is 9.78. The highest BCUT2D eigenvalue weighted by atomic mass is 32.2. The minimum absolute atomic E-state index is 0.00373. The fourth-order valence-electron chi connectivity index (χ4n) is 3.83. The van der Waals surface area contributed by atoms with Crippen molar-refractivity contribution in [2.45, 2.75) is 82.7 Å². The molecule has 3 rings (SSSR count). The van der Waals surface area contributed by atoms with E-state index < -0.39 is 14.6 Å². The van der Waals surface area contributed by atoms with E-state index in [2.05, 4.69) is 13.8 Å². The van der Waals surface area contributed by atoms with Gasteiger partial charge in [-0.2, -0.15) is 0 Å². The molecule has 2 unspecified atom stereocenters. The van der Waals surface area contributed by atoms with E-state index in [0.717, 1.165) is 24.2 Å². The Bertz CT molecular complexity index is 1010. The quantitative estimate of drug-likeness (QED) is 0.536. The van der Waals surface area contributed by atoms with Crippen LogP contribution in [0.3, 0.4) is 0 Å². The van der Waals surface area contributed by atoms with Crippen molar-refractivity contribution in [3.8, 4) is 5.75 Å². The molecule has 0 spiro atoms. The number of rotatable bonds is 7. The lowest BCUT2D eigenvalue weighted by Gasteiger charge is -2.32. The van der Waals surface area contributed by atoms with Crippen LogP contribution < -0.4 is 4.74 Å². The average molecular weight is 459 g/mol. The molecule has 32 heavy (non-hydrogen) atoms. The van der Waals surface area contributed by atoms with Crippen LogP contribution in [0.4, 0.5) is 0 Å². The van der Waals surface area contributed by atoms with Gasteiger partial charge >= 0.3 is 0 Å². The molecule has 1 fully saturated rings. The number of benzene rings is 2. The average Bonchev–Trinajstić information content (AvgIpc) is 2.68. The summed E-state index contributed by atoms with van der Waals surface area (Å²) >= 11 is 0. The fraction of sp³-hybridized carbons (Fsp3) is 0.500. The third-order valence-corrected chi connectivity index (χ3v) is 8.39. The van der Waals surface area contributed by atoms with E-state index in [1.807, 2.05) is 24.3 Å². The number of ether oxygens (including phenoxy) is 2. The first-order valence-electron chi connectivity index (χ1n) is 11.2. The van der Waals surface area contributed by atoms with Gasteiger partial charge in [0.2, 0.25) is 0 Å². The van der Waals surface area contributed by atoms with Gasteiger partial charge in [-0.3, -0.25) is 4.79 Å². The van der Waals surface area contributed by atoms with Crippen LogP contribution >= 0.6 is 0 Å². The second kappa shape index (κ2) is 9.75. The lowest BCUT2D eigenvalue weighted by Crippen LogP contribution is -2.35. The van der Waals surface area contributed by atoms with Gasteiger partial charge in [-0.25, -0.2) is 8.42 Å². The van der Waals surface area contributed by atoms with Gasteiger partial charge in [-0.05, 0) is 57.9 Å². The zero-order valence-electron chi connectivity index (χ0n) is 19.6. The molecule has 0 radical (unpaired) electrons. The Kier molecular flexibility index (Phi) is 7.46. The van der Waals surface area contributed by atoms with Gasteiger partial charge in [0, 0.05) is 24.8 Å². The van der Waals surface area contributed by atoms with Crippen LogP contribution in [-0.2, 0) is 26.7 Å². The number of carbonyl (C=O) groups is 1. The lowest BCUT2D eigenvalue weighted by atomic mass is 10.0. The summed E-state index contributed by atoms with van der Waals surface area (Å²) in [7, 11) is -3.26. The Balaban J connectivity index is 1.57. The highest BCUT2D eigenvalue weighted by molar-refractivity contribution is 7.91. The summed E-state index contributed by atoms with van der Waals surface area (Å²) < 4.78 is 35.8. The van der Waals surface area contributed by atoms with Crippen LogP contribution in [0.15, 0.2) is 48.5 Å². The zero-order valence-corrected chi connectivity index (χ0v) is 20.4. The molecule has 1 heterocycles. The number of ketones is 1. The first kappa shape index (κ1) is 24.5. The van der Waals surface area contributed by atoms with Crippen LogP contribution in [0.1, 0.15) is 68.9 Å². The van der Waals surface area contributed by atoms with Crippen molar-refractivity contribution in [3.63, 3.8) is 0 Å². The number of carbonyl (C=O) groups excluding carboxylic acids is 1. The Morgan fingerprint density at radius 3 is 2.00 bits per heavy atom. The van der Waals surface area contributed by atoms with Crippen LogP contribution in [0.5, 0.6) is 5.75 Å². The summed E-state index contributed by atoms with van der Waals surface area (Å²) in [5.74, 6) is 0.768. The minimum Gasteiger partial charge on any atom is -0.490 e. The van der Waals surface area contributed by atoms with Crippen molar-refractivity contribution in [2.24, 2.45) is 0 Å². The molecule has 0 aliphatic carbocycles. The third-order valence-electron chi connectivity index (χ3n) is 5.81. The second-order valence-corrected chi connectivity index (χ2v) is 12.5. The van der Waals surface area contributed by atoms with E-state index in [1.165, 1.54) is 0 Å². The molecule has 1 saturated heterocycles. The first-order chi connectivity index (χ1) is 14.9. The molecule has 0 amide bonds. The lowest BCUT2D eigenvalue weighted by molar-refractivity contribution is -0.0721. The van der Waals surface area contributed by atoms with E-state index in [-0.39, 0.29) is 36.3 Å². The van der Waals surface area contributed by atoms with Gasteiger partial charge in [0.25, 0.3) is 0 Å². The molecule has 2 atom stereocenters. The van der Waals surface area contributed by atoms with Crippen LogP contribution in [-0.4, -0.2) is 37.3 Å².